The Bertz CT molecular complexity index is 620. The first-order chi connectivity index (χ1) is 9.51. The van der Waals surface area contributed by atoms with Gasteiger partial charge >= 0.3 is 0 Å². The third-order valence-corrected chi connectivity index (χ3v) is 3.18. The molecule has 4 nitrogen and oxygen atoms in total. The number of benzene rings is 1. The summed E-state index contributed by atoms with van der Waals surface area (Å²) >= 11 is 0. The van der Waals surface area contributed by atoms with Crippen LogP contribution in [0.15, 0.2) is 36.4 Å². The Kier molecular flexibility index (Phi) is 4.03. The van der Waals surface area contributed by atoms with Crippen LogP contribution in [0.3, 0.4) is 0 Å². The third kappa shape index (κ3) is 2.96. The van der Waals surface area contributed by atoms with E-state index < -0.39 is 0 Å². The minimum Gasteiger partial charge on any atom is -0.373 e. The Hall–Kier alpha value is -2.36. The van der Waals surface area contributed by atoms with Crippen molar-refractivity contribution in [3.8, 4) is 0 Å². The van der Waals surface area contributed by atoms with Crippen LogP contribution in [0.1, 0.15) is 21.6 Å². The van der Waals surface area contributed by atoms with Gasteiger partial charge in [0, 0.05) is 31.0 Å². The molecule has 0 aliphatic rings. The number of aryl methyl sites for hydroxylation is 2. The number of carbonyl (C=O) groups is 1. The zero-order valence-electron chi connectivity index (χ0n) is 12.3. The summed E-state index contributed by atoms with van der Waals surface area (Å²) < 4.78 is 0. The number of amides is 1. The van der Waals surface area contributed by atoms with Crippen molar-refractivity contribution in [2.24, 2.45) is 0 Å². The van der Waals surface area contributed by atoms with Gasteiger partial charge in [0.05, 0.1) is 0 Å². The highest BCUT2D eigenvalue weighted by Gasteiger charge is 2.14. The molecule has 0 aliphatic heterocycles. The van der Waals surface area contributed by atoms with E-state index in [4.69, 9.17) is 0 Å². The van der Waals surface area contributed by atoms with Crippen molar-refractivity contribution in [1.82, 2.24) is 4.98 Å². The smallest absolute Gasteiger partial charge is 0.258 e. The van der Waals surface area contributed by atoms with Crippen LogP contribution in [-0.4, -0.2) is 25.0 Å². The van der Waals surface area contributed by atoms with E-state index in [0.717, 1.165) is 11.4 Å². The molecule has 104 valence electrons. The van der Waals surface area contributed by atoms with Gasteiger partial charge in [-0.15, -0.1) is 0 Å². The lowest BCUT2D eigenvalue weighted by molar-refractivity contribution is 0.0993. The molecule has 0 saturated carbocycles. The lowest BCUT2D eigenvalue weighted by atomic mass is 10.1. The quantitative estimate of drug-likeness (QED) is 0.931. The molecule has 0 radical (unpaired) electrons. The van der Waals surface area contributed by atoms with Crippen molar-refractivity contribution in [3.05, 3.63) is 53.2 Å². The van der Waals surface area contributed by atoms with Crippen LogP contribution < -0.4 is 10.2 Å². The van der Waals surface area contributed by atoms with Crippen LogP contribution in [-0.2, 0) is 0 Å². The summed E-state index contributed by atoms with van der Waals surface area (Å²) in [4.78, 5) is 18.5. The van der Waals surface area contributed by atoms with Gasteiger partial charge in [-0.05, 0) is 38.1 Å². The summed E-state index contributed by atoms with van der Waals surface area (Å²) in [7, 11) is 3.57. The molecule has 1 heterocycles. The summed E-state index contributed by atoms with van der Waals surface area (Å²) in [5.74, 6) is 0.654. The Morgan fingerprint density at radius 1 is 1.15 bits per heavy atom. The molecule has 2 aromatic rings. The fourth-order valence-electron chi connectivity index (χ4n) is 2.00. The average Bonchev–Trinajstić information content (AvgIpc) is 2.45. The number of hydrogen-bond acceptors (Lipinski definition) is 3. The lowest BCUT2D eigenvalue weighted by Gasteiger charge is -2.18. The molecule has 0 fully saturated rings. The van der Waals surface area contributed by atoms with E-state index in [1.54, 1.807) is 31.1 Å². The topological polar surface area (TPSA) is 45.2 Å². The van der Waals surface area contributed by atoms with Crippen LogP contribution in [0.25, 0.3) is 0 Å². The van der Waals surface area contributed by atoms with Crippen molar-refractivity contribution in [3.63, 3.8) is 0 Å². The number of pyridine rings is 1. The summed E-state index contributed by atoms with van der Waals surface area (Å²) in [5, 5.41) is 2.97. The van der Waals surface area contributed by atoms with Gasteiger partial charge in [-0.1, -0.05) is 17.7 Å². The number of aromatic nitrogens is 1. The Balaban J connectivity index is 2.30. The fourth-order valence-corrected chi connectivity index (χ4v) is 2.00. The zero-order valence-corrected chi connectivity index (χ0v) is 12.3. The zero-order chi connectivity index (χ0) is 14.7. The number of nitrogens with zero attached hydrogens (tertiary/aromatic N) is 2. The van der Waals surface area contributed by atoms with Crippen LogP contribution in [0.2, 0.25) is 0 Å². The second-order valence-electron chi connectivity index (χ2n) is 4.83. The maximum atomic E-state index is 12.5. The minimum atomic E-state index is -0.0455. The Morgan fingerprint density at radius 3 is 2.40 bits per heavy atom. The molecule has 1 aromatic carbocycles. The second kappa shape index (κ2) is 5.74. The average molecular weight is 269 g/mol. The van der Waals surface area contributed by atoms with Gasteiger partial charge in [0.25, 0.3) is 5.91 Å². The van der Waals surface area contributed by atoms with Crippen molar-refractivity contribution in [2.75, 3.05) is 24.3 Å². The second-order valence-corrected chi connectivity index (χ2v) is 4.83. The number of anilines is 2. The highest BCUT2D eigenvalue weighted by atomic mass is 16.2. The molecule has 1 amide bonds. The van der Waals surface area contributed by atoms with E-state index in [2.05, 4.69) is 10.3 Å². The molecule has 2 rings (SSSR count). The molecule has 0 aliphatic carbocycles. The number of rotatable bonds is 3. The van der Waals surface area contributed by atoms with E-state index in [0.29, 0.717) is 11.4 Å². The van der Waals surface area contributed by atoms with Crippen molar-refractivity contribution in [1.29, 1.82) is 0 Å². The van der Waals surface area contributed by atoms with E-state index in [1.165, 1.54) is 5.56 Å². The Morgan fingerprint density at radius 2 is 1.80 bits per heavy atom. The van der Waals surface area contributed by atoms with Gasteiger partial charge in [0.15, 0.2) is 0 Å². The minimum absolute atomic E-state index is 0.0455. The van der Waals surface area contributed by atoms with E-state index in [9.17, 15) is 4.79 Å². The molecule has 1 aromatic heterocycles. The predicted octanol–water partition coefficient (Wildman–Crippen LogP) is 3.02. The SMILES string of the molecule is CNc1cc(C(=O)N(C)c2ccc(C)cc2)cc(C)n1. The van der Waals surface area contributed by atoms with Crippen molar-refractivity contribution in [2.45, 2.75) is 13.8 Å². The van der Waals surface area contributed by atoms with Crippen LogP contribution >= 0.6 is 0 Å². The molecule has 0 bridgehead atoms. The summed E-state index contributed by atoms with van der Waals surface area (Å²) in [5.41, 5.74) is 3.50. The van der Waals surface area contributed by atoms with E-state index in [-0.39, 0.29) is 5.91 Å². The first kappa shape index (κ1) is 14.1. The van der Waals surface area contributed by atoms with Crippen LogP contribution in [0.5, 0.6) is 0 Å². The largest absolute Gasteiger partial charge is 0.373 e. The standard InChI is InChI=1S/C16H19N3O/c1-11-5-7-14(8-6-11)19(4)16(20)13-9-12(2)18-15(10-13)17-3/h5-10H,1-4H3,(H,17,18). The number of hydrogen-bond donors (Lipinski definition) is 1. The first-order valence-electron chi connectivity index (χ1n) is 6.52. The molecule has 0 atom stereocenters. The molecular weight excluding hydrogens is 250 g/mol. The van der Waals surface area contributed by atoms with Gasteiger partial charge in [0.2, 0.25) is 0 Å². The molecule has 0 spiro atoms. The highest BCUT2D eigenvalue weighted by molar-refractivity contribution is 6.06. The summed E-state index contributed by atoms with van der Waals surface area (Å²) in [6, 6.07) is 11.4. The third-order valence-electron chi connectivity index (χ3n) is 3.18. The monoisotopic (exact) mass is 269 g/mol. The van der Waals surface area contributed by atoms with E-state index in [1.807, 2.05) is 38.1 Å². The van der Waals surface area contributed by atoms with Gasteiger partial charge in [0.1, 0.15) is 5.82 Å². The summed E-state index contributed by atoms with van der Waals surface area (Å²) in [6.07, 6.45) is 0. The van der Waals surface area contributed by atoms with E-state index >= 15 is 0 Å². The van der Waals surface area contributed by atoms with Gasteiger partial charge < -0.3 is 10.2 Å². The van der Waals surface area contributed by atoms with Crippen LogP contribution in [0, 0.1) is 13.8 Å². The molecular formula is C16H19N3O. The number of carbonyl (C=O) groups excluding carboxylic acids is 1. The highest BCUT2D eigenvalue weighted by Crippen LogP contribution is 2.18. The maximum Gasteiger partial charge on any atom is 0.258 e. The molecule has 0 unspecified atom stereocenters. The van der Waals surface area contributed by atoms with Gasteiger partial charge in [-0.2, -0.15) is 0 Å². The van der Waals surface area contributed by atoms with Crippen molar-refractivity contribution < 1.29 is 4.79 Å². The Labute approximate surface area is 119 Å². The van der Waals surface area contributed by atoms with Gasteiger partial charge in [-0.3, -0.25) is 4.79 Å². The van der Waals surface area contributed by atoms with Crippen molar-refractivity contribution >= 4 is 17.4 Å². The maximum absolute atomic E-state index is 12.5. The molecule has 20 heavy (non-hydrogen) atoms. The number of nitrogens with one attached hydrogen (secondary N) is 1. The lowest BCUT2D eigenvalue weighted by Crippen LogP contribution is -2.26. The summed E-state index contributed by atoms with van der Waals surface area (Å²) in [6.45, 7) is 3.90. The normalized spacial score (nSPS) is 10.2. The fraction of sp³-hybridized carbons (Fsp3) is 0.250. The molecule has 0 saturated heterocycles. The predicted molar refractivity (Wildman–Crippen MR) is 82.4 cm³/mol. The molecule has 1 N–H and O–H groups in total. The first-order valence-corrected chi connectivity index (χ1v) is 6.52. The van der Waals surface area contributed by atoms with Crippen LogP contribution in [0.4, 0.5) is 11.5 Å². The van der Waals surface area contributed by atoms with Gasteiger partial charge in [-0.25, -0.2) is 4.98 Å². The molecule has 4 heteroatoms.